The molecule has 0 aliphatic heterocycles. The van der Waals surface area contributed by atoms with Gasteiger partial charge in [0.05, 0.1) is 6.54 Å². The number of amides is 1. The minimum absolute atomic E-state index is 0.0452. The molecule has 0 saturated heterocycles. The highest BCUT2D eigenvalue weighted by Gasteiger charge is 2.43. The fourth-order valence-electron chi connectivity index (χ4n) is 3.07. The SMILES string of the molecule is O=C(Nc1ccn(Cc2ccc(Cl)cc2)n1)[C@@H]1C[C@@H]1c1ccccc1. The number of nitrogens with one attached hydrogen (secondary N) is 1. The van der Waals surface area contributed by atoms with Gasteiger partial charge in [0.25, 0.3) is 0 Å². The van der Waals surface area contributed by atoms with Crippen LogP contribution in [0.25, 0.3) is 0 Å². The summed E-state index contributed by atoms with van der Waals surface area (Å²) in [7, 11) is 0. The third kappa shape index (κ3) is 3.74. The standard InChI is InChI=1S/C20H18ClN3O/c21-16-8-6-14(7-9-16)13-24-11-10-19(23-24)22-20(25)18-12-17(18)15-4-2-1-3-5-15/h1-11,17-18H,12-13H2,(H,22,23,25)/t17-,18-/m1/s1. The maximum Gasteiger partial charge on any atom is 0.229 e. The molecule has 3 aromatic rings. The van der Waals surface area contributed by atoms with Crippen molar-refractivity contribution in [1.29, 1.82) is 0 Å². The van der Waals surface area contributed by atoms with Gasteiger partial charge in [0.2, 0.25) is 5.91 Å². The van der Waals surface area contributed by atoms with Crippen molar-refractivity contribution in [3.05, 3.63) is 83.0 Å². The lowest BCUT2D eigenvalue weighted by atomic mass is 10.1. The number of hydrogen-bond acceptors (Lipinski definition) is 2. The van der Waals surface area contributed by atoms with Gasteiger partial charge < -0.3 is 5.32 Å². The second kappa shape index (κ2) is 6.73. The number of anilines is 1. The number of halogens is 1. The van der Waals surface area contributed by atoms with E-state index in [-0.39, 0.29) is 11.8 Å². The molecule has 1 aliphatic rings. The van der Waals surface area contributed by atoms with E-state index in [0.717, 1.165) is 17.0 Å². The molecule has 0 spiro atoms. The number of benzene rings is 2. The Morgan fingerprint density at radius 3 is 2.64 bits per heavy atom. The van der Waals surface area contributed by atoms with Crippen LogP contribution in [0.15, 0.2) is 66.9 Å². The summed E-state index contributed by atoms with van der Waals surface area (Å²) in [6.45, 7) is 0.642. The van der Waals surface area contributed by atoms with Gasteiger partial charge in [0, 0.05) is 23.2 Å². The summed E-state index contributed by atoms with van der Waals surface area (Å²) in [5.74, 6) is 1.02. The van der Waals surface area contributed by atoms with Crippen LogP contribution in [-0.2, 0) is 11.3 Å². The fraction of sp³-hybridized carbons (Fsp3) is 0.200. The second-order valence-electron chi connectivity index (χ2n) is 6.37. The molecule has 2 atom stereocenters. The van der Waals surface area contributed by atoms with Gasteiger partial charge in [-0.05, 0) is 35.6 Å². The third-order valence-corrected chi connectivity index (χ3v) is 4.76. The largest absolute Gasteiger partial charge is 0.309 e. The van der Waals surface area contributed by atoms with Gasteiger partial charge in [0.1, 0.15) is 0 Å². The minimum atomic E-state index is 0.0452. The number of hydrogen-bond donors (Lipinski definition) is 1. The van der Waals surface area contributed by atoms with Crippen LogP contribution < -0.4 is 5.32 Å². The van der Waals surface area contributed by atoms with Crippen molar-refractivity contribution in [3.8, 4) is 0 Å². The molecule has 2 aromatic carbocycles. The summed E-state index contributed by atoms with van der Waals surface area (Å²) in [6.07, 6.45) is 2.77. The Morgan fingerprint density at radius 1 is 1.12 bits per heavy atom. The van der Waals surface area contributed by atoms with E-state index in [2.05, 4.69) is 22.5 Å². The smallest absolute Gasteiger partial charge is 0.229 e. The molecule has 1 amide bonds. The first-order chi connectivity index (χ1) is 12.2. The molecule has 1 aliphatic carbocycles. The molecule has 4 rings (SSSR count). The quantitative estimate of drug-likeness (QED) is 0.743. The maximum absolute atomic E-state index is 12.4. The Hall–Kier alpha value is -2.59. The van der Waals surface area contributed by atoms with Crippen molar-refractivity contribution in [2.75, 3.05) is 5.32 Å². The van der Waals surface area contributed by atoms with Crippen LogP contribution in [0.4, 0.5) is 5.82 Å². The van der Waals surface area contributed by atoms with Crippen LogP contribution in [0.2, 0.25) is 5.02 Å². The monoisotopic (exact) mass is 351 g/mol. The molecule has 5 heteroatoms. The van der Waals surface area contributed by atoms with Gasteiger partial charge >= 0.3 is 0 Å². The van der Waals surface area contributed by atoms with E-state index in [1.54, 1.807) is 4.68 Å². The number of carbonyl (C=O) groups is 1. The fourth-order valence-corrected chi connectivity index (χ4v) is 3.19. The second-order valence-corrected chi connectivity index (χ2v) is 6.81. The van der Waals surface area contributed by atoms with Crippen LogP contribution in [0.3, 0.4) is 0 Å². The Labute approximate surface area is 151 Å². The molecule has 1 N–H and O–H groups in total. The Balaban J connectivity index is 1.35. The third-order valence-electron chi connectivity index (χ3n) is 4.50. The van der Waals surface area contributed by atoms with Gasteiger partial charge in [-0.3, -0.25) is 9.48 Å². The normalized spacial score (nSPS) is 18.8. The van der Waals surface area contributed by atoms with E-state index in [4.69, 9.17) is 11.6 Å². The average Bonchev–Trinajstić information content (AvgIpc) is 3.33. The lowest BCUT2D eigenvalue weighted by molar-refractivity contribution is -0.117. The van der Waals surface area contributed by atoms with Gasteiger partial charge in [-0.1, -0.05) is 54.1 Å². The number of rotatable bonds is 5. The Kier molecular flexibility index (Phi) is 4.28. The molecule has 25 heavy (non-hydrogen) atoms. The van der Waals surface area contributed by atoms with E-state index in [1.807, 2.05) is 54.7 Å². The molecule has 1 fully saturated rings. The zero-order valence-corrected chi connectivity index (χ0v) is 14.4. The van der Waals surface area contributed by atoms with E-state index in [1.165, 1.54) is 5.56 Å². The maximum atomic E-state index is 12.4. The van der Waals surface area contributed by atoms with Gasteiger partial charge in [-0.25, -0.2) is 0 Å². The topological polar surface area (TPSA) is 46.9 Å². The highest BCUT2D eigenvalue weighted by atomic mass is 35.5. The molecule has 0 radical (unpaired) electrons. The molecule has 0 unspecified atom stereocenters. The molecule has 4 nitrogen and oxygen atoms in total. The van der Waals surface area contributed by atoms with Gasteiger partial charge in [-0.15, -0.1) is 0 Å². The highest BCUT2D eigenvalue weighted by Crippen LogP contribution is 2.47. The van der Waals surface area contributed by atoms with Crippen molar-refractivity contribution in [3.63, 3.8) is 0 Å². The molecule has 1 aromatic heterocycles. The Morgan fingerprint density at radius 2 is 1.88 bits per heavy atom. The summed E-state index contributed by atoms with van der Waals surface area (Å²) in [4.78, 5) is 12.4. The lowest BCUT2D eigenvalue weighted by Crippen LogP contribution is -2.15. The minimum Gasteiger partial charge on any atom is -0.309 e. The number of aromatic nitrogens is 2. The first-order valence-corrected chi connectivity index (χ1v) is 8.70. The van der Waals surface area contributed by atoms with Crippen LogP contribution >= 0.6 is 11.6 Å². The van der Waals surface area contributed by atoms with Crippen molar-refractivity contribution in [1.82, 2.24) is 9.78 Å². The van der Waals surface area contributed by atoms with Crippen molar-refractivity contribution >= 4 is 23.3 Å². The molecular formula is C20H18ClN3O. The molecule has 1 saturated carbocycles. The van der Waals surface area contributed by atoms with Gasteiger partial charge in [0.15, 0.2) is 5.82 Å². The van der Waals surface area contributed by atoms with Crippen LogP contribution in [-0.4, -0.2) is 15.7 Å². The highest BCUT2D eigenvalue weighted by molar-refractivity contribution is 6.30. The zero-order chi connectivity index (χ0) is 17.2. The van der Waals surface area contributed by atoms with Crippen molar-refractivity contribution in [2.45, 2.75) is 18.9 Å². The number of nitrogens with zero attached hydrogens (tertiary/aromatic N) is 2. The van der Waals surface area contributed by atoms with E-state index >= 15 is 0 Å². The van der Waals surface area contributed by atoms with Crippen LogP contribution in [0.5, 0.6) is 0 Å². The van der Waals surface area contributed by atoms with Crippen molar-refractivity contribution < 1.29 is 4.79 Å². The summed E-state index contributed by atoms with van der Waals surface area (Å²) in [5, 5.41) is 8.07. The molecule has 1 heterocycles. The van der Waals surface area contributed by atoms with Gasteiger partial charge in [-0.2, -0.15) is 5.10 Å². The van der Waals surface area contributed by atoms with E-state index in [9.17, 15) is 4.79 Å². The Bertz CT molecular complexity index is 873. The predicted molar refractivity (Wildman–Crippen MR) is 98.7 cm³/mol. The predicted octanol–water partition coefficient (Wildman–Crippen LogP) is 4.33. The lowest BCUT2D eigenvalue weighted by Gasteiger charge is -2.03. The molecular weight excluding hydrogens is 334 g/mol. The first-order valence-electron chi connectivity index (χ1n) is 8.33. The summed E-state index contributed by atoms with van der Waals surface area (Å²) >= 11 is 5.90. The summed E-state index contributed by atoms with van der Waals surface area (Å²) in [6, 6.07) is 19.7. The van der Waals surface area contributed by atoms with Crippen LogP contribution in [0.1, 0.15) is 23.5 Å². The van der Waals surface area contributed by atoms with E-state index in [0.29, 0.717) is 18.3 Å². The van der Waals surface area contributed by atoms with Crippen LogP contribution in [0, 0.1) is 5.92 Å². The van der Waals surface area contributed by atoms with Crippen molar-refractivity contribution in [2.24, 2.45) is 5.92 Å². The first kappa shape index (κ1) is 15.9. The summed E-state index contributed by atoms with van der Waals surface area (Å²) in [5.41, 5.74) is 2.34. The number of carbonyl (C=O) groups excluding carboxylic acids is 1. The average molecular weight is 352 g/mol. The molecule has 126 valence electrons. The summed E-state index contributed by atoms with van der Waals surface area (Å²) < 4.78 is 1.81. The van der Waals surface area contributed by atoms with E-state index < -0.39 is 0 Å². The zero-order valence-electron chi connectivity index (χ0n) is 13.6. The molecule has 0 bridgehead atoms.